The largest absolute Gasteiger partial charge is 0.352 e. The van der Waals surface area contributed by atoms with Crippen molar-refractivity contribution in [3.8, 4) is 0 Å². The number of amides is 1. The molecule has 0 bridgehead atoms. The van der Waals surface area contributed by atoms with Gasteiger partial charge < -0.3 is 5.32 Å². The lowest BCUT2D eigenvalue weighted by molar-refractivity contribution is -0.123. The fourth-order valence-corrected chi connectivity index (χ4v) is 2.38. The highest BCUT2D eigenvalue weighted by Gasteiger charge is 2.19. The molecule has 2 rings (SSSR count). The molecule has 1 aromatic rings. The Balaban J connectivity index is 1.72. The van der Waals surface area contributed by atoms with E-state index in [1.165, 1.54) is 19.3 Å². The van der Waals surface area contributed by atoms with E-state index in [2.05, 4.69) is 20.7 Å². The van der Waals surface area contributed by atoms with E-state index in [1.807, 2.05) is 14.0 Å². The van der Waals surface area contributed by atoms with Crippen molar-refractivity contribution >= 4 is 5.91 Å². The van der Waals surface area contributed by atoms with Crippen LogP contribution in [0.15, 0.2) is 6.33 Å². The molecule has 0 spiro atoms. The smallest absolute Gasteiger partial charge is 0.237 e. The fraction of sp³-hybridized carbons (Fsp3) is 0.769. The number of hydrogen-bond acceptors (Lipinski definition) is 4. The second-order valence-electron chi connectivity index (χ2n) is 5.28. The molecule has 1 aliphatic rings. The number of aromatic nitrogens is 3. The zero-order valence-electron chi connectivity index (χ0n) is 11.7. The van der Waals surface area contributed by atoms with E-state index in [-0.39, 0.29) is 11.9 Å². The number of carbonyl (C=O) groups excluding carboxylic acids is 1. The third-order valence-corrected chi connectivity index (χ3v) is 3.56. The monoisotopic (exact) mass is 265 g/mol. The molecule has 0 aliphatic heterocycles. The van der Waals surface area contributed by atoms with Crippen LogP contribution in [0.4, 0.5) is 0 Å². The molecule has 1 atom stereocenters. The second kappa shape index (κ2) is 6.65. The summed E-state index contributed by atoms with van der Waals surface area (Å²) in [6, 6.07) is 0.143. The van der Waals surface area contributed by atoms with Gasteiger partial charge in [0.1, 0.15) is 6.33 Å². The molecular formula is C13H23N5O. The van der Waals surface area contributed by atoms with Gasteiger partial charge >= 0.3 is 0 Å². The zero-order valence-corrected chi connectivity index (χ0v) is 11.7. The molecule has 0 radical (unpaired) electrons. The molecule has 1 unspecified atom stereocenters. The van der Waals surface area contributed by atoms with Crippen LogP contribution in [0.5, 0.6) is 0 Å². The Hall–Kier alpha value is -1.43. The van der Waals surface area contributed by atoms with Gasteiger partial charge in [-0.15, -0.1) is 0 Å². The van der Waals surface area contributed by atoms with Gasteiger partial charge in [-0.2, -0.15) is 5.10 Å². The first-order valence-electron chi connectivity index (χ1n) is 7.03. The summed E-state index contributed by atoms with van der Waals surface area (Å²) in [5, 5.41) is 10.4. The molecule has 6 heteroatoms. The van der Waals surface area contributed by atoms with Crippen LogP contribution in [-0.4, -0.2) is 32.8 Å². The summed E-state index contributed by atoms with van der Waals surface area (Å²) in [6.07, 6.45) is 7.63. The molecule has 0 saturated heterocycles. The molecule has 1 aliphatic carbocycles. The van der Waals surface area contributed by atoms with Gasteiger partial charge in [0.25, 0.3) is 0 Å². The molecule has 1 heterocycles. The van der Waals surface area contributed by atoms with E-state index < -0.39 is 0 Å². The number of carbonyl (C=O) groups is 1. The first kappa shape index (κ1) is 14.0. The lowest BCUT2D eigenvalue weighted by atomic mass is 9.95. The molecule has 1 fully saturated rings. The molecule has 1 aromatic heterocycles. The third kappa shape index (κ3) is 4.31. The van der Waals surface area contributed by atoms with Crippen LogP contribution in [0.2, 0.25) is 0 Å². The Labute approximate surface area is 114 Å². The molecule has 19 heavy (non-hydrogen) atoms. The van der Waals surface area contributed by atoms with E-state index in [0.29, 0.717) is 18.4 Å². The average Bonchev–Trinajstić information content (AvgIpc) is 2.83. The topological polar surface area (TPSA) is 71.8 Å². The molecule has 2 N–H and O–H groups in total. The van der Waals surface area contributed by atoms with Crippen molar-refractivity contribution in [2.75, 3.05) is 0 Å². The highest BCUT2D eigenvalue weighted by atomic mass is 16.2. The highest BCUT2D eigenvalue weighted by Crippen LogP contribution is 2.17. The van der Waals surface area contributed by atoms with Crippen molar-refractivity contribution in [3.05, 3.63) is 12.2 Å². The first-order chi connectivity index (χ1) is 9.15. The third-order valence-electron chi connectivity index (χ3n) is 3.56. The lowest BCUT2D eigenvalue weighted by Crippen LogP contribution is -2.46. The molecule has 1 saturated carbocycles. The van der Waals surface area contributed by atoms with Crippen LogP contribution < -0.4 is 10.6 Å². The summed E-state index contributed by atoms with van der Waals surface area (Å²) in [5.41, 5.74) is 0. The molecular weight excluding hydrogens is 242 g/mol. The number of nitrogens with one attached hydrogen (secondary N) is 2. The highest BCUT2D eigenvalue weighted by molar-refractivity contribution is 5.81. The maximum Gasteiger partial charge on any atom is 0.237 e. The van der Waals surface area contributed by atoms with E-state index >= 15 is 0 Å². The van der Waals surface area contributed by atoms with Gasteiger partial charge in [0, 0.05) is 13.1 Å². The molecule has 0 aromatic carbocycles. The van der Waals surface area contributed by atoms with Crippen LogP contribution in [0.25, 0.3) is 0 Å². The quantitative estimate of drug-likeness (QED) is 0.824. The maximum atomic E-state index is 12.0. The minimum Gasteiger partial charge on any atom is -0.352 e. The number of rotatable bonds is 5. The Morgan fingerprint density at radius 1 is 1.47 bits per heavy atom. The van der Waals surface area contributed by atoms with Gasteiger partial charge in [0.2, 0.25) is 5.91 Å². The van der Waals surface area contributed by atoms with Crippen LogP contribution in [0, 0.1) is 0 Å². The van der Waals surface area contributed by atoms with Gasteiger partial charge in [0.15, 0.2) is 5.82 Å². The Morgan fingerprint density at radius 2 is 2.21 bits per heavy atom. The number of nitrogens with zero attached hydrogens (tertiary/aromatic N) is 3. The van der Waals surface area contributed by atoms with Crippen LogP contribution in [0.1, 0.15) is 44.9 Å². The maximum absolute atomic E-state index is 12.0. The van der Waals surface area contributed by atoms with Crippen molar-refractivity contribution < 1.29 is 4.79 Å². The van der Waals surface area contributed by atoms with Crippen molar-refractivity contribution in [1.29, 1.82) is 0 Å². The van der Waals surface area contributed by atoms with Gasteiger partial charge in [-0.1, -0.05) is 19.3 Å². The minimum atomic E-state index is -0.217. The van der Waals surface area contributed by atoms with E-state index in [0.717, 1.165) is 12.8 Å². The second-order valence-corrected chi connectivity index (χ2v) is 5.28. The Kier molecular flexibility index (Phi) is 4.90. The van der Waals surface area contributed by atoms with Crippen LogP contribution in [0.3, 0.4) is 0 Å². The Bertz CT molecular complexity index is 411. The zero-order chi connectivity index (χ0) is 13.7. The summed E-state index contributed by atoms with van der Waals surface area (Å²) in [4.78, 5) is 16.1. The fourth-order valence-electron chi connectivity index (χ4n) is 2.38. The summed E-state index contributed by atoms with van der Waals surface area (Å²) >= 11 is 0. The van der Waals surface area contributed by atoms with Crippen molar-refractivity contribution in [1.82, 2.24) is 25.4 Å². The predicted octanol–water partition coefficient (Wildman–Crippen LogP) is 0.742. The van der Waals surface area contributed by atoms with Gasteiger partial charge in [-0.05, 0) is 19.8 Å². The van der Waals surface area contributed by atoms with E-state index in [9.17, 15) is 4.79 Å². The predicted molar refractivity (Wildman–Crippen MR) is 72.3 cm³/mol. The minimum absolute atomic E-state index is 0.0721. The molecule has 1 amide bonds. The number of hydrogen-bond donors (Lipinski definition) is 2. The van der Waals surface area contributed by atoms with Crippen molar-refractivity contribution in [2.45, 2.75) is 57.7 Å². The molecule has 106 valence electrons. The SMILES string of the molecule is CC(NCc1ncn(C)n1)C(=O)NC1CCCCC1. The van der Waals surface area contributed by atoms with Crippen molar-refractivity contribution in [3.63, 3.8) is 0 Å². The molecule has 6 nitrogen and oxygen atoms in total. The summed E-state index contributed by atoms with van der Waals surface area (Å²) < 4.78 is 1.66. The van der Waals surface area contributed by atoms with Crippen molar-refractivity contribution in [2.24, 2.45) is 7.05 Å². The van der Waals surface area contributed by atoms with Crippen LogP contribution in [-0.2, 0) is 18.4 Å². The Morgan fingerprint density at radius 3 is 2.84 bits per heavy atom. The van der Waals surface area contributed by atoms with E-state index in [1.54, 1.807) is 11.0 Å². The summed E-state index contributed by atoms with van der Waals surface area (Å²) in [5.74, 6) is 0.780. The van der Waals surface area contributed by atoms with E-state index in [4.69, 9.17) is 0 Å². The first-order valence-corrected chi connectivity index (χ1v) is 7.03. The lowest BCUT2D eigenvalue weighted by Gasteiger charge is -2.24. The average molecular weight is 265 g/mol. The van der Waals surface area contributed by atoms with Gasteiger partial charge in [-0.3, -0.25) is 14.8 Å². The normalized spacial score (nSPS) is 18.2. The summed E-state index contributed by atoms with van der Waals surface area (Å²) in [6.45, 7) is 2.39. The van der Waals surface area contributed by atoms with Gasteiger partial charge in [0.05, 0.1) is 12.6 Å². The standard InChI is InChI=1S/C13H23N5O/c1-10(14-8-12-15-9-18(2)17-12)13(19)16-11-6-4-3-5-7-11/h9-11,14H,3-8H2,1-2H3,(H,16,19). The van der Waals surface area contributed by atoms with Crippen LogP contribution >= 0.6 is 0 Å². The summed E-state index contributed by atoms with van der Waals surface area (Å²) in [7, 11) is 1.83. The number of aryl methyl sites for hydroxylation is 1. The van der Waals surface area contributed by atoms with Gasteiger partial charge in [-0.25, -0.2) is 4.98 Å².